The zero-order chi connectivity index (χ0) is 13.4. The largest absolute Gasteiger partial charge is 0.491 e. The van der Waals surface area contributed by atoms with E-state index in [1.165, 1.54) is 0 Å². The summed E-state index contributed by atoms with van der Waals surface area (Å²) in [6, 6.07) is 7.22. The topological polar surface area (TPSA) is 61.5 Å². The van der Waals surface area contributed by atoms with E-state index in [0.717, 1.165) is 12.8 Å². The third-order valence-electron chi connectivity index (χ3n) is 2.51. The van der Waals surface area contributed by atoms with E-state index in [-0.39, 0.29) is 25.1 Å². The third-order valence-corrected chi connectivity index (χ3v) is 2.51. The van der Waals surface area contributed by atoms with Gasteiger partial charge in [0.05, 0.1) is 24.8 Å². The van der Waals surface area contributed by atoms with Gasteiger partial charge in [-0.05, 0) is 25.5 Å². The molecule has 0 heterocycles. The summed E-state index contributed by atoms with van der Waals surface area (Å²) in [5.41, 5.74) is 6.29. The molecule has 1 aromatic carbocycles. The summed E-state index contributed by atoms with van der Waals surface area (Å²) in [7, 11) is 0. The molecular weight excluding hydrogens is 230 g/mol. The predicted molar refractivity (Wildman–Crippen MR) is 71.4 cm³/mol. The molecule has 0 aromatic heterocycles. The van der Waals surface area contributed by atoms with E-state index in [9.17, 15) is 4.79 Å². The maximum Gasteiger partial charge on any atom is 0.309 e. The summed E-state index contributed by atoms with van der Waals surface area (Å²) < 4.78 is 10.6. The van der Waals surface area contributed by atoms with Gasteiger partial charge >= 0.3 is 5.97 Å². The van der Waals surface area contributed by atoms with Crippen LogP contribution in [0.3, 0.4) is 0 Å². The number of hydrogen-bond acceptors (Lipinski definition) is 4. The molecule has 2 N–H and O–H groups in total. The van der Waals surface area contributed by atoms with Crippen LogP contribution in [0.25, 0.3) is 0 Å². The van der Waals surface area contributed by atoms with Crippen molar-refractivity contribution in [3.05, 3.63) is 24.3 Å². The molecule has 1 atom stereocenters. The van der Waals surface area contributed by atoms with Crippen LogP contribution in [0.15, 0.2) is 24.3 Å². The molecule has 1 rings (SSSR count). The second-order valence-corrected chi connectivity index (χ2v) is 4.23. The number of benzene rings is 1. The highest BCUT2D eigenvalue weighted by molar-refractivity contribution is 5.69. The summed E-state index contributed by atoms with van der Waals surface area (Å²) in [5.74, 6) is 0.373. The Hall–Kier alpha value is -1.71. The molecule has 0 amide bonds. The van der Waals surface area contributed by atoms with Gasteiger partial charge in [0, 0.05) is 0 Å². The fraction of sp³-hybridized carbons (Fsp3) is 0.500. The fourth-order valence-corrected chi connectivity index (χ4v) is 1.61. The van der Waals surface area contributed by atoms with Gasteiger partial charge in [0.1, 0.15) is 5.75 Å². The molecule has 4 heteroatoms. The minimum Gasteiger partial charge on any atom is -0.491 e. The Morgan fingerprint density at radius 1 is 1.39 bits per heavy atom. The van der Waals surface area contributed by atoms with Gasteiger partial charge in [0.25, 0.3) is 0 Å². The molecule has 1 unspecified atom stereocenters. The molecule has 0 aliphatic heterocycles. The Balaban J connectivity index is 2.25. The standard InChI is InChI=1S/C14H21NO3/c1-3-6-11(2)18-14(16)9-10-17-13-8-5-4-7-12(13)15/h4-5,7-8,11H,3,6,9-10,15H2,1-2H3. The number of anilines is 1. The van der Waals surface area contributed by atoms with E-state index < -0.39 is 0 Å². The van der Waals surface area contributed by atoms with E-state index in [0.29, 0.717) is 11.4 Å². The number of carbonyl (C=O) groups excluding carboxylic acids is 1. The Morgan fingerprint density at radius 2 is 2.11 bits per heavy atom. The van der Waals surface area contributed by atoms with Crippen molar-refractivity contribution < 1.29 is 14.3 Å². The molecule has 18 heavy (non-hydrogen) atoms. The molecular formula is C14H21NO3. The highest BCUT2D eigenvalue weighted by Gasteiger charge is 2.09. The van der Waals surface area contributed by atoms with Gasteiger partial charge in [0.2, 0.25) is 0 Å². The number of hydrogen-bond donors (Lipinski definition) is 1. The summed E-state index contributed by atoms with van der Waals surface area (Å²) in [6.07, 6.45) is 2.11. The Kier molecular flexibility index (Phi) is 6.05. The van der Waals surface area contributed by atoms with E-state index in [1.54, 1.807) is 12.1 Å². The summed E-state index contributed by atoms with van der Waals surface area (Å²) in [6.45, 7) is 4.24. The zero-order valence-electron chi connectivity index (χ0n) is 11.0. The van der Waals surface area contributed by atoms with Crippen molar-refractivity contribution in [2.45, 2.75) is 39.2 Å². The third kappa shape index (κ3) is 5.08. The number of nitrogen functional groups attached to an aromatic ring is 1. The molecule has 0 aliphatic carbocycles. The van der Waals surface area contributed by atoms with Crippen molar-refractivity contribution in [1.29, 1.82) is 0 Å². The first-order valence-electron chi connectivity index (χ1n) is 6.30. The van der Waals surface area contributed by atoms with Gasteiger partial charge < -0.3 is 15.2 Å². The van der Waals surface area contributed by atoms with Gasteiger partial charge in [-0.2, -0.15) is 0 Å². The minimum atomic E-state index is -0.231. The first-order valence-corrected chi connectivity index (χ1v) is 6.30. The molecule has 0 saturated carbocycles. The summed E-state index contributed by atoms with van der Waals surface area (Å²) >= 11 is 0. The minimum absolute atomic E-state index is 0.0238. The lowest BCUT2D eigenvalue weighted by Gasteiger charge is -2.12. The van der Waals surface area contributed by atoms with Crippen LogP contribution in [0, 0.1) is 0 Å². The van der Waals surface area contributed by atoms with Crippen LogP contribution in [0.1, 0.15) is 33.1 Å². The first kappa shape index (κ1) is 14.4. The van der Waals surface area contributed by atoms with Gasteiger partial charge in [-0.3, -0.25) is 4.79 Å². The van der Waals surface area contributed by atoms with Crippen LogP contribution >= 0.6 is 0 Å². The van der Waals surface area contributed by atoms with Crippen LogP contribution in [-0.2, 0) is 9.53 Å². The lowest BCUT2D eigenvalue weighted by atomic mass is 10.2. The second kappa shape index (κ2) is 7.58. The molecule has 0 aliphatic rings. The van der Waals surface area contributed by atoms with Crippen LogP contribution < -0.4 is 10.5 Å². The monoisotopic (exact) mass is 251 g/mol. The van der Waals surface area contributed by atoms with Crippen molar-refractivity contribution >= 4 is 11.7 Å². The molecule has 0 saturated heterocycles. The van der Waals surface area contributed by atoms with Crippen LogP contribution in [0.4, 0.5) is 5.69 Å². The van der Waals surface area contributed by atoms with Crippen LogP contribution in [0.2, 0.25) is 0 Å². The average Bonchev–Trinajstić information content (AvgIpc) is 2.31. The Labute approximate surface area is 108 Å². The average molecular weight is 251 g/mol. The molecule has 0 radical (unpaired) electrons. The van der Waals surface area contributed by atoms with Gasteiger partial charge in [0.15, 0.2) is 0 Å². The molecule has 0 spiro atoms. The van der Waals surface area contributed by atoms with Crippen molar-refractivity contribution in [2.24, 2.45) is 0 Å². The van der Waals surface area contributed by atoms with Gasteiger partial charge in [-0.25, -0.2) is 0 Å². The maximum absolute atomic E-state index is 11.5. The number of esters is 1. The van der Waals surface area contributed by atoms with E-state index in [2.05, 4.69) is 6.92 Å². The molecule has 1 aromatic rings. The van der Waals surface area contributed by atoms with Crippen molar-refractivity contribution in [3.8, 4) is 5.75 Å². The van der Waals surface area contributed by atoms with Gasteiger partial charge in [-0.1, -0.05) is 25.5 Å². The number of para-hydroxylation sites is 2. The number of carbonyl (C=O) groups is 1. The van der Waals surface area contributed by atoms with E-state index >= 15 is 0 Å². The SMILES string of the molecule is CCCC(C)OC(=O)CCOc1ccccc1N. The zero-order valence-corrected chi connectivity index (χ0v) is 11.0. The van der Waals surface area contributed by atoms with Crippen molar-refractivity contribution in [3.63, 3.8) is 0 Å². The summed E-state index contributed by atoms with van der Waals surface area (Å²) in [4.78, 5) is 11.5. The second-order valence-electron chi connectivity index (χ2n) is 4.23. The highest BCUT2D eigenvalue weighted by Crippen LogP contribution is 2.19. The fourth-order valence-electron chi connectivity index (χ4n) is 1.61. The summed E-state index contributed by atoms with van der Waals surface area (Å²) in [5, 5.41) is 0. The van der Waals surface area contributed by atoms with Crippen LogP contribution in [0.5, 0.6) is 5.75 Å². The first-order chi connectivity index (χ1) is 8.63. The number of rotatable bonds is 7. The molecule has 100 valence electrons. The smallest absolute Gasteiger partial charge is 0.309 e. The van der Waals surface area contributed by atoms with Crippen molar-refractivity contribution in [1.82, 2.24) is 0 Å². The molecule has 4 nitrogen and oxygen atoms in total. The Morgan fingerprint density at radius 3 is 2.78 bits per heavy atom. The normalized spacial score (nSPS) is 11.9. The van der Waals surface area contributed by atoms with Gasteiger partial charge in [-0.15, -0.1) is 0 Å². The quantitative estimate of drug-likeness (QED) is 0.598. The number of ether oxygens (including phenoxy) is 2. The molecule has 0 fully saturated rings. The lowest BCUT2D eigenvalue weighted by Crippen LogP contribution is -2.16. The van der Waals surface area contributed by atoms with Crippen LogP contribution in [-0.4, -0.2) is 18.7 Å². The molecule has 0 bridgehead atoms. The highest BCUT2D eigenvalue weighted by atomic mass is 16.5. The van der Waals surface area contributed by atoms with E-state index in [4.69, 9.17) is 15.2 Å². The number of nitrogens with two attached hydrogens (primary N) is 1. The lowest BCUT2D eigenvalue weighted by molar-refractivity contribution is -0.149. The Bertz CT molecular complexity index is 379. The maximum atomic E-state index is 11.5. The van der Waals surface area contributed by atoms with Crippen molar-refractivity contribution in [2.75, 3.05) is 12.3 Å². The van der Waals surface area contributed by atoms with E-state index in [1.807, 2.05) is 19.1 Å². The predicted octanol–water partition coefficient (Wildman–Crippen LogP) is 2.77.